The summed E-state index contributed by atoms with van der Waals surface area (Å²) in [5.41, 5.74) is 0.0571. The molecule has 0 radical (unpaired) electrons. The number of halogens is 2. The first kappa shape index (κ1) is 18.3. The van der Waals surface area contributed by atoms with Crippen LogP contribution in [0, 0.1) is 11.3 Å². The number of alkyl halides is 2. The second-order valence-electron chi connectivity index (χ2n) is 7.74. The maximum Gasteiger partial charge on any atom is 0.315 e. The highest BCUT2D eigenvalue weighted by Gasteiger charge is 2.69. The fourth-order valence-corrected chi connectivity index (χ4v) is 5.61. The summed E-state index contributed by atoms with van der Waals surface area (Å²) in [5.74, 6) is 0.498. The molecule has 2 aliphatic carbocycles. The number of carbonyl (C=O) groups excluding carboxylic acids is 1. The van der Waals surface area contributed by atoms with E-state index in [9.17, 15) is 9.59 Å². The Labute approximate surface area is 165 Å². The van der Waals surface area contributed by atoms with Crippen molar-refractivity contribution in [2.75, 3.05) is 0 Å². The van der Waals surface area contributed by atoms with Crippen molar-refractivity contribution >= 4 is 50.7 Å². The molecule has 2 heterocycles. The summed E-state index contributed by atoms with van der Waals surface area (Å²) >= 11 is 13.6. The van der Waals surface area contributed by atoms with Crippen LogP contribution in [-0.2, 0) is 22.4 Å². The Morgan fingerprint density at radius 3 is 2.81 bits per heavy atom. The second kappa shape index (κ2) is 5.94. The van der Waals surface area contributed by atoms with Crippen molar-refractivity contribution in [3.05, 3.63) is 26.6 Å². The van der Waals surface area contributed by atoms with Crippen LogP contribution in [0.1, 0.15) is 56.0 Å². The van der Waals surface area contributed by atoms with Gasteiger partial charge in [-0.25, -0.2) is 4.98 Å². The van der Waals surface area contributed by atoms with Crippen molar-refractivity contribution in [3.63, 3.8) is 0 Å². The van der Waals surface area contributed by atoms with Crippen molar-refractivity contribution in [2.24, 2.45) is 11.3 Å². The van der Waals surface area contributed by atoms with Gasteiger partial charge < -0.3 is 9.72 Å². The molecule has 2 aromatic rings. The Hall–Kier alpha value is -1.11. The number of nitrogens with one attached hydrogen (secondary N) is 1. The molecule has 0 amide bonds. The minimum absolute atomic E-state index is 0.165. The molecule has 0 aliphatic heterocycles. The molecule has 1 saturated carbocycles. The molecule has 1 fully saturated rings. The zero-order valence-corrected chi connectivity index (χ0v) is 17.1. The monoisotopic (exact) mass is 414 g/mol. The highest BCUT2D eigenvalue weighted by molar-refractivity contribution is 7.18. The molecule has 8 heteroatoms. The van der Waals surface area contributed by atoms with Crippen LogP contribution in [0.3, 0.4) is 0 Å². The molecule has 5 nitrogen and oxygen atoms in total. The van der Waals surface area contributed by atoms with Crippen LogP contribution in [0.25, 0.3) is 10.2 Å². The first-order valence-electron chi connectivity index (χ1n) is 8.76. The fraction of sp³-hybridized carbons (Fsp3) is 0.611. The Kier molecular flexibility index (Phi) is 4.18. The van der Waals surface area contributed by atoms with E-state index >= 15 is 0 Å². The van der Waals surface area contributed by atoms with Crippen LogP contribution in [0.2, 0.25) is 0 Å². The van der Waals surface area contributed by atoms with E-state index in [1.807, 2.05) is 0 Å². The average Bonchev–Trinajstić information content (AvgIpc) is 2.90. The number of ether oxygens (including phenoxy) is 1. The van der Waals surface area contributed by atoms with E-state index in [2.05, 4.69) is 16.9 Å². The molecule has 140 valence electrons. The van der Waals surface area contributed by atoms with Gasteiger partial charge in [-0.05, 0) is 44.6 Å². The lowest BCUT2D eigenvalue weighted by Gasteiger charge is -2.17. The third-order valence-corrected chi connectivity index (χ3v) is 7.81. The quantitative estimate of drug-likeness (QED) is 0.600. The molecule has 0 saturated heterocycles. The Balaban J connectivity index is 1.63. The van der Waals surface area contributed by atoms with Crippen LogP contribution in [0.4, 0.5) is 0 Å². The van der Waals surface area contributed by atoms with Crippen molar-refractivity contribution < 1.29 is 9.53 Å². The molecule has 2 aliphatic rings. The number of fused-ring (bicyclic) bond motifs is 3. The van der Waals surface area contributed by atoms with Gasteiger partial charge >= 0.3 is 5.97 Å². The number of aromatic amines is 1. The number of aryl methyl sites for hydroxylation is 1. The average molecular weight is 415 g/mol. The van der Waals surface area contributed by atoms with E-state index in [-0.39, 0.29) is 5.56 Å². The van der Waals surface area contributed by atoms with Crippen molar-refractivity contribution in [1.82, 2.24) is 9.97 Å². The maximum atomic E-state index is 12.6. The van der Waals surface area contributed by atoms with Crippen LogP contribution in [0.5, 0.6) is 0 Å². The minimum Gasteiger partial charge on any atom is -0.454 e. The zero-order chi connectivity index (χ0) is 18.9. The smallest absolute Gasteiger partial charge is 0.315 e. The predicted molar refractivity (Wildman–Crippen MR) is 103 cm³/mol. The van der Waals surface area contributed by atoms with Gasteiger partial charge in [-0.1, -0.05) is 6.92 Å². The van der Waals surface area contributed by atoms with Crippen LogP contribution >= 0.6 is 34.5 Å². The summed E-state index contributed by atoms with van der Waals surface area (Å²) in [4.78, 5) is 34.3. The predicted octanol–water partition coefficient (Wildman–Crippen LogP) is 4.30. The third-order valence-electron chi connectivity index (χ3n) is 5.56. The first-order chi connectivity index (χ1) is 12.1. The number of aromatic nitrogens is 2. The van der Waals surface area contributed by atoms with Crippen molar-refractivity contribution in [2.45, 2.75) is 56.9 Å². The van der Waals surface area contributed by atoms with E-state index < -0.39 is 21.8 Å². The van der Waals surface area contributed by atoms with Gasteiger partial charge in [0.25, 0.3) is 5.56 Å². The summed E-state index contributed by atoms with van der Waals surface area (Å²) in [6.07, 6.45) is 2.66. The molecule has 0 spiro atoms. The highest BCUT2D eigenvalue weighted by Crippen LogP contribution is 2.64. The fourth-order valence-electron chi connectivity index (χ4n) is 3.53. The molecule has 0 unspecified atom stereocenters. The van der Waals surface area contributed by atoms with Crippen molar-refractivity contribution in [3.8, 4) is 0 Å². The van der Waals surface area contributed by atoms with E-state index in [0.717, 1.165) is 24.8 Å². The van der Waals surface area contributed by atoms with Gasteiger partial charge in [0.15, 0.2) is 11.9 Å². The number of hydrogen-bond acceptors (Lipinski definition) is 5. The Bertz CT molecular complexity index is 967. The van der Waals surface area contributed by atoms with Gasteiger partial charge in [0.2, 0.25) is 0 Å². The van der Waals surface area contributed by atoms with Crippen LogP contribution < -0.4 is 5.56 Å². The number of carbonyl (C=O) groups is 1. The summed E-state index contributed by atoms with van der Waals surface area (Å²) < 4.78 is 4.40. The lowest BCUT2D eigenvalue weighted by atomic mass is 9.89. The topological polar surface area (TPSA) is 72.0 Å². The first-order valence-corrected chi connectivity index (χ1v) is 10.3. The Morgan fingerprint density at radius 1 is 1.46 bits per heavy atom. The molecule has 1 N–H and O–H groups in total. The van der Waals surface area contributed by atoms with Gasteiger partial charge in [0.05, 0.1) is 5.39 Å². The number of nitrogens with zero attached hydrogens (tertiary/aromatic N) is 1. The lowest BCUT2D eigenvalue weighted by Crippen LogP contribution is -2.24. The molecule has 3 atom stereocenters. The molecule has 26 heavy (non-hydrogen) atoms. The normalized spacial score (nSPS) is 27.8. The molecule has 2 aromatic heterocycles. The standard InChI is InChI=1S/C18H20Cl2N2O3S/c1-8-4-5-10-11(6-8)26-15-12(10)14(23)21-13(22-15)9(2)25-16(24)17(3)7-18(17,19)20/h8-9H,4-7H2,1-3H3,(H,21,22,23)/t8-,9+,17+/m1/s1. The van der Waals surface area contributed by atoms with Gasteiger partial charge in [0.1, 0.15) is 14.6 Å². The summed E-state index contributed by atoms with van der Waals surface area (Å²) in [6, 6.07) is 0. The van der Waals surface area contributed by atoms with E-state index in [0.29, 0.717) is 28.4 Å². The maximum absolute atomic E-state index is 12.6. The highest BCUT2D eigenvalue weighted by atomic mass is 35.5. The van der Waals surface area contributed by atoms with Gasteiger partial charge in [-0.2, -0.15) is 0 Å². The second-order valence-corrected chi connectivity index (χ2v) is 10.3. The van der Waals surface area contributed by atoms with Crippen LogP contribution in [0.15, 0.2) is 4.79 Å². The van der Waals surface area contributed by atoms with Crippen molar-refractivity contribution in [1.29, 1.82) is 0 Å². The largest absolute Gasteiger partial charge is 0.454 e. The minimum atomic E-state index is -1.09. The molecule has 0 bridgehead atoms. The zero-order valence-electron chi connectivity index (χ0n) is 14.8. The number of hydrogen-bond donors (Lipinski definition) is 1. The molecule has 0 aromatic carbocycles. The van der Waals surface area contributed by atoms with Gasteiger partial charge in [-0.15, -0.1) is 34.5 Å². The number of thiophene rings is 1. The number of esters is 1. The molecule has 4 rings (SSSR count). The van der Waals surface area contributed by atoms with Gasteiger partial charge in [0, 0.05) is 11.3 Å². The summed E-state index contributed by atoms with van der Waals surface area (Å²) in [6.45, 7) is 5.59. The third kappa shape index (κ3) is 2.77. The summed E-state index contributed by atoms with van der Waals surface area (Å²) in [5, 5.41) is 0.689. The SMILES string of the molecule is C[C@@H]1CCc2c(sc3nc([C@H](C)OC(=O)[C@]4(C)CC4(Cl)Cl)[nH]c(=O)c23)C1. The Morgan fingerprint density at radius 2 is 2.15 bits per heavy atom. The van der Waals surface area contributed by atoms with E-state index in [1.165, 1.54) is 4.88 Å². The summed E-state index contributed by atoms with van der Waals surface area (Å²) in [7, 11) is 0. The van der Waals surface area contributed by atoms with E-state index in [1.54, 1.807) is 25.2 Å². The van der Waals surface area contributed by atoms with Crippen LogP contribution in [-0.4, -0.2) is 20.3 Å². The van der Waals surface area contributed by atoms with Gasteiger partial charge in [-0.3, -0.25) is 9.59 Å². The number of rotatable bonds is 3. The number of H-pyrrole nitrogens is 1. The van der Waals surface area contributed by atoms with E-state index in [4.69, 9.17) is 27.9 Å². The molecular formula is C18H20Cl2N2O3S. The lowest BCUT2D eigenvalue weighted by molar-refractivity contribution is -0.155. The molecular weight excluding hydrogens is 395 g/mol.